The summed E-state index contributed by atoms with van der Waals surface area (Å²) in [6.07, 6.45) is 1.31. The van der Waals surface area contributed by atoms with E-state index < -0.39 is 6.04 Å². The van der Waals surface area contributed by atoms with Crippen molar-refractivity contribution in [2.75, 3.05) is 7.11 Å². The van der Waals surface area contributed by atoms with E-state index in [4.69, 9.17) is 27.9 Å². The lowest BCUT2D eigenvalue weighted by molar-refractivity contribution is -0.141. The zero-order chi connectivity index (χ0) is 23.0. The lowest BCUT2D eigenvalue weighted by Crippen LogP contribution is -2.51. The highest BCUT2D eigenvalue weighted by Crippen LogP contribution is 2.26. The Bertz CT molecular complexity index is 867. The van der Waals surface area contributed by atoms with Gasteiger partial charge in [-0.25, -0.2) is 0 Å². The number of nitrogens with zero attached hydrogens (tertiary/aromatic N) is 1. The lowest BCUT2D eigenvalue weighted by atomic mass is 10.1. The zero-order valence-corrected chi connectivity index (χ0v) is 20.0. The van der Waals surface area contributed by atoms with Gasteiger partial charge in [-0.1, -0.05) is 55.2 Å². The van der Waals surface area contributed by atoms with Gasteiger partial charge in [0, 0.05) is 22.6 Å². The monoisotopic (exact) mass is 464 g/mol. The van der Waals surface area contributed by atoms with Crippen LogP contribution in [0, 0.1) is 0 Å². The topological polar surface area (TPSA) is 58.6 Å². The fourth-order valence-electron chi connectivity index (χ4n) is 3.24. The second-order valence-corrected chi connectivity index (χ2v) is 8.30. The first kappa shape index (κ1) is 25.0. The molecule has 0 fully saturated rings. The van der Waals surface area contributed by atoms with E-state index in [0.717, 1.165) is 17.7 Å². The van der Waals surface area contributed by atoms with Crippen LogP contribution in [-0.2, 0) is 22.6 Å². The van der Waals surface area contributed by atoms with Crippen molar-refractivity contribution in [1.82, 2.24) is 10.2 Å². The summed E-state index contributed by atoms with van der Waals surface area (Å²) in [4.78, 5) is 28.0. The number of rotatable bonds is 10. The van der Waals surface area contributed by atoms with Crippen molar-refractivity contribution in [2.24, 2.45) is 0 Å². The van der Waals surface area contributed by atoms with Crippen molar-refractivity contribution in [3.8, 4) is 5.75 Å². The molecule has 0 heterocycles. The Hall–Kier alpha value is -2.24. The molecule has 2 atom stereocenters. The average molecular weight is 465 g/mol. The molecule has 0 aromatic heterocycles. The van der Waals surface area contributed by atoms with Crippen molar-refractivity contribution in [1.29, 1.82) is 0 Å². The van der Waals surface area contributed by atoms with Crippen molar-refractivity contribution in [3.05, 3.63) is 63.6 Å². The number of hydrogen-bond donors (Lipinski definition) is 1. The summed E-state index contributed by atoms with van der Waals surface area (Å²) >= 11 is 12.6. The van der Waals surface area contributed by atoms with Gasteiger partial charge in [-0.3, -0.25) is 9.59 Å². The summed E-state index contributed by atoms with van der Waals surface area (Å²) in [6, 6.07) is 12.0. The smallest absolute Gasteiger partial charge is 0.243 e. The minimum atomic E-state index is -0.607. The quantitative estimate of drug-likeness (QED) is 0.520. The van der Waals surface area contributed by atoms with E-state index in [2.05, 4.69) is 5.32 Å². The molecule has 0 spiro atoms. The summed E-state index contributed by atoms with van der Waals surface area (Å²) in [5.74, 6) is 0.354. The number of carbonyl (C=O) groups excluding carboxylic acids is 2. The third-order valence-corrected chi connectivity index (χ3v) is 6.00. The SMILES string of the molecule is CC[C@H](C)NC(=O)[C@H](CC)N(Cc1ccc(OC)cc1)C(=O)Cc1c(Cl)cccc1Cl. The fourth-order valence-corrected chi connectivity index (χ4v) is 3.77. The van der Waals surface area contributed by atoms with Gasteiger partial charge in [0.2, 0.25) is 11.8 Å². The van der Waals surface area contributed by atoms with Crippen molar-refractivity contribution >= 4 is 35.0 Å². The third-order valence-electron chi connectivity index (χ3n) is 5.29. The van der Waals surface area contributed by atoms with Crippen molar-refractivity contribution < 1.29 is 14.3 Å². The van der Waals surface area contributed by atoms with Gasteiger partial charge in [-0.15, -0.1) is 0 Å². The average Bonchev–Trinajstić information content (AvgIpc) is 2.76. The first-order valence-corrected chi connectivity index (χ1v) is 11.2. The van der Waals surface area contributed by atoms with Crippen LogP contribution in [0.15, 0.2) is 42.5 Å². The Balaban J connectivity index is 2.34. The van der Waals surface area contributed by atoms with E-state index in [9.17, 15) is 9.59 Å². The molecule has 0 aliphatic carbocycles. The Morgan fingerprint density at radius 2 is 1.65 bits per heavy atom. The van der Waals surface area contributed by atoms with Crippen LogP contribution in [0.1, 0.15) is 44.7 Å². The van der Waals surface area contributed by atoms with Gasteiger partial charge in [0.15, 0.2) is 0 Å². The summed E-state index contributed by atoms with van der Waals surface area (Å²) in [5, 5.41) is 3.87. The second-order valence-electron chi connectivity index (χ2n) is 7.49. The summed E-state index contributed by atoms with van der Waals surface area (Å²) < 4.78 is 5.22. The second kappa shape index (κ2) is 12.0. The Labute approximate surface area is 194 Å². The molecule has 2 rings (SSSR count). The van der Waals surface area contributed by atoms with Crippen LogP contribution in [-0.4, -0.2) is 35.9 Å². The van der Waals surface area contributed by atoms with Crippen LogP contribution in [0.25, 0.3) is 0 Å². The molecule has 0 aliphatic rings. The summed E-state index contributed by atoms with van der Waals surface area (Å²) in [7, 11) is 1.60. The normalized spacial score (nSPS) is 12.7. The number of halogens is 2. The van der Waals surface area contributed by atoms with E-state index in [1.807, 2.05) is 45.0 Å². The molecule has 2 amide bonds. The predicted octanol–water partition coefficient (Wildman–Crippen LogP) is 5.27. The highest BCUT2D eigenvalue weighted by molar-refractivity contribution is 6.36. The third kappa shape index (κ3) is 6.88. The molecular weight excluding hydrogens is 435 g/mol. The number of carbonyl (C=O) groups is 2. The number of methoxy groups -OCH3 is 1. The molecule has 0 saturated carbocycles. The maximum atomic E-state index is 13.4. The number of ether oxygens (including phenoxy) is 1. The minimum absolute atomic E-state index is 0.0156. The van der Waals surface area contributed by atoms with E-state index in [0.29, 0.717) is 22.0 Å². The molecule has 1 N–H and O–H groups in total. The number of hydrogen-bond acceptors (Lipinski definition) is 3. The van der Waals surface area contributed by atoms with Crippen LogP contribution < -0.4 is 10.1 Å². The zero-order valence-electron chi connectivity index (χ0n) is 18.5. The number of amides is 2. The Kier molecular flexibility index (Phi) is 9.66. The molecule has 168 valence electrons. The molecule has 0 radical (unpaired) electrons. The van der Waals surface area contributed by atoms with Crippen molar-refractivity contribution in [3.63, 3.8) is 0 Å². The molecule has 0 unspecified atom stereocenters. The summed E-state index contributed by atoms with van der Waals surface area (Å²) in [6.45, 7) is 6.14. The molecule has 0 bridgehead atoms. The maximum absolute atomic E-state index is 13.4. The number of nitrogens with one attached hydrogen (secondary N) is 1. The van der Waals surface area contributed by atoms with E-state index in [1.165, 1.54) is 0 Å². The summed E-state index contributed by atoms with van der Waals surface area (Å²) in [5.41, 5.74) is 1.46. The van der Waals surface area contributed by atoms with Crippen LogP contribution in [0.5, 0.6) is 5.75 Å². The van der Waals surface area contributed by atoms with Gasteiger partial charge in [0.1, 0.15) is 11.8 Å². The molecule has 31 heavy (non-hydrogen) atoms. The first-order valence-electron chi connectivity index (χ1n) is 10.5. The van der Waals surface area contributed by atoms with E-state index >= 15 is 0 Å². The molecule has 7 heteroatoms. The van der Waals surface area contributed by atoms with E-state index in [1.54, 1.807) is 30.2 Å². The maximum Gasteiger partial charge on any atom is 0.243 e. The van der Waals surface area contributed by atoms with Gasteiger partial charge < -0.3 is 15.0 Å². The van der Waals surface area contributed by atoms with Crippen LogP contribution in [0.2, 0.25) is 10.0 Å². The van der Waals surface area contributed by atoms with Crippen LogP contribution in [0.4, 0.5) is 0 Å². The highest BCUT2D eigenvalue weighted by Gasteiger charge is 2.30. The lowest BCUT2D eigenvalue weighted by Gasteiger charge is -2.31. The van der Waals surface area contributed by atoms with Gasteiger partial charge in [-0.2, -0.15) is 0 Å². The van der Waals surface area contributed by atoms with Crippen molar-refractivity contribution in [2.45, 2.75) is 58.7 Å². The Morgan fingerprint density at radius 3 is 2.16 bits per heavy atom. The van der Waals surface area contributed by atoms with Gasteiger partial charge in [-0.05, 0) is 55.2 Å². The van der Waals surface area contributed by atoms with Gasteiger partial charge in [0.25, 0.3) is 0 Å². The molecule has 0 saturated heterocycles. The van der Waals surface area contributed by atoms with Crippen LogP contribution >= 0.6 is 23.2 Å². The molecule has 2 aromatic carbocycles. The minimum Gasteiger partial charge on any atom is -0.497 e. The van der Waals surface area contributed by atoms with E-state index in [-0.39, 0.29) is 30.8 Å². The van der Waals surface area contributed by atoms with Gasteiger partial charge in [0.05, 0.1) is 13.5 Å². The number of benzene rings is 2. The largest absolute Gasteiger partial charge is 0.497 e. The van der Waals surface area contributed by atoms with Crippen LogP contribution in [0.3, 0.4) is 0 Å². The highest BCUT2D eigenvalue weighted by atomic mass is 35.5. The molecule has 0 aliphatic heterocycles. The first-order chi connectivity index (χ1) is 14.8. The standard InChI is InChI=1S/C24H30Cl2N2O3/c1-5-16(3)27-24(30)22(6-2)28(15-17-10-12-18(31-4)13-11-17)23(29)14-19-20(25)8-7-9-21(19)26/h7-13,16,22H,5-6,14-15H2,1-4H3,(H,27,30)/t16-,22-/m0/s1. The predicted molar refractivity (Wildman–Crippen MR) is 126 cm³/mol. The van der Waals surface area contributed by atoms with Gasteiger partial charge >= 0.3 is 0 Å². The molecular formula is C24H30Cl2N2O3. The molecule has 5 nitrogen and oxygen atoms in total. The molecule has 2 aromatic rings. The fraction of sp³-hybridized carbons (Fsp3) is 0.417. The Morgan fingerprint density at radius 1 is 1.03 bits per heavy atom.